The average Bonchev–Trinajstić information content (AvgIpc) is 3.07. The first kappa shape index (κ1) is 14.6. The molecule has 0 spiro atoms. The van der Waals surface area contributed by atoms with Crippen molar-refractivity contribution in [1.29, 1.82) is 0 Å². The van der Waals surface area contributed by atoms with Crippen molar-refractivity contribution in [2.75, 3.05) is 13.1 Å². The molecular formula is C18H21N3O. The smallest absolute Gasteiger partial charge is 0.246 e. The van der Waals surface area contributed by atoms with Crippen LogP contribution in [0.4, 0.5) is 0 Å². The van der Waals surface area contributed by atoms with Gasteiger partial charge in [-0.1, -0.05) is 30.3 Å². The molecule has 4 heteroatoms. The van der Waals surface area contributed by atoms with Gasteiger partial charge >= 0.3 is 0 Å². The summed E-state index contributed by atoms with van der Waals surface area (Å²) in [7, 11) is 0. The lowest BCUT2D eigenvalue weighted by Crippen LogP contribution is -2.38. The molecule has 0 bridgehead atoms. The Bertz CT molecular complexity index is 611. The predicted molar refractivity (Wildman–Crippen MR) is 87.0 cm³/mol. The summed E-state index contributed by atoms with van der Waals surface area (Å²) in [6, 6.07) is 9.93. The van der Waals surface area contributed by atoms with E-state index < -0.39 is 0 Å². The van der Waals surface area contributed by atoms with Crippen LogP contribution in [0.5, 0.6) is 0 Å². The van der Waals surface area contributed by atoms with Gasteiger partial charge in [-0.3, -0.25) is 4.79 Å². The standard InChI is InChI=1S/C18H21N3O/c22-18(7-6-16-4-2-1-3-5-16)21-11-8-17(9-12-21)14-20-13-10-19-15-20/h1-7,10,13,15,17H,8-9,11-12,14H2/b7-6+. The Labute approximate surface area is 131 Å². The van der Waals surface area contributed by atoms with E-state index in [1.807, 2.05) is 60.0 Å². The van der Waals surface area contributed by atoms with E-state index >= 15 is 0 Å². The molecule has 0 N–H and O–H groups in total. The number of likely N-dealkylation sites (tertiary alicyclic amines) is 1. The second-order valence-electron chi connectivity index (χ2n) is 5.77. The molecule has 0 unspecified atom stereocenters. The van der Waals surface area contributed by atoms with E-state index in [-0.39, 0.29) is 5.91 Å². The first-order chi connectivity index (χ1) is 10.8. The first-order valence-corrected chi connectivity index (χ1v) is 7.79. The molecule has 1 aromatic heterocycles. The summed E-state index contributed by atoms with van der Waals surface area (Å²) in [6.07, 6.45) is 11.4. The molecule has 2 aromatic rings. The SMILES string of the molecule is O=C(/C=C/c1ccccc1)N1CCC(Cn2ccnc2)CC1. The van der Waals surface area contributed by atoms with Gasteiger partial charge in [0.15, 0.2) is 0 Å². The van der Waals surface area contributed by atoms with Gasteiger partial charge < -0.3 is 9.47 Å². The number of piperidine rings is 1. The van der Waals surface area contributed by atoms with Gasteiger partial charge in [-0.05, 0) is 30.4 Å². The zero-order valence-electron chi connectivity index (χ0n) is 12.6. The van der Waals surface area contributed by atoms with Gasteiger partial charge in [-0.25, -0.2) is 4.98 Å². The summed E-state index contributed by atoms with van der Waals surface area (Å²) in [5.74, 6) is 0.751. The van der Waals surface area contributed by atoms with Gasteiger partial charge in [0.25, 0.3) is 0 Å². The van der Waals surface area contributed by atoms with E-state index in [0.29, 0.717) is 5.92 Å². The summed E-state index contributed by atoms with van der Waals surface area (Å²) in [5, 5.41) is 0. The van der Waals surface area contributed by atoms with Crippen LogP contribution in [-0.2, 0) is 11.3 Å². The maximum absolute atomic E-state index is 12.2. The predicted octanol–water partition coefficient (Wildman–Crippen LogP) is 2.84. The fourth-order valence-corrected chi connectivity index (χ4v) is 2.87. The van der Waals surface area contributed by atoms with Crippen LogP contribution in [0.15, 0.2) is 55.1 Å². The van der Waals surface area contributed by atoms with E-state index in [4.69, 9.17) is 0 Å². The van der Waals surface area contributed by atoms with Gasteiger partial charge in [0.1, 0.15) is 0 Å². The topological polar surface area (TPSA) is 38.1 Å². The largest absolute Gasteiger partial charge is 0.339 e. The fraction of sp³-hybridized carbons (Fsp3) is 0.333. The lowest BCUT2D eigenvalue weighted by atomic mass is 9.96. The van der Waals surface area contributed by atoms with Gasteiger partial charge in [0, 0.05) is 38.1 Å². The van der Waals surface area contributed by atoms with Crippen molar-refractivity contribution < 1.29 is 4.79 Å². The maximum Gasteiger partial charge on any atom is 0.246 e. The maximum atomic E-state index is 12.2. The number of hydrogen-bond acceptors (Lipinski definition) is 2. The quantitative estimate of drug-likeness (QED) is 0.814. The molecule has 3 rings (SSSR count). The van der Waals surface area contributed by atoms with Crippen LogP contribution in [0.1, 0.15) is 18.4 Å². The van der Waals surface area contributed by atoms with Gasteiger partial charge in [-0.15, -0.1) is 0 Å². The van der Waals surface area contributed by atoms with Crippen LogP contribution in [-0.4, -0.2) is 33.4 Å². The molecule has 2 heterocycles. The minimum absolute atomic E-state index is 0.116. The zero-order chi connectivity index (χ0) is 15.2. The second-order valence-corrected chi connectivity index (χ2v) is 5.77. The number of rotatable bonds is 4. The molecule has 1 aliphatic rings. The van der Waals surface area contributed by atoms with Crippen LogP contribution < -0.4 is 0 Å². The Kier molecular flexibility index (Phi) is 4.68. The summed E-state index contributed by atoms with van der Waals surface area (Å²) < 4.78 is 2.12. The van der Waals surface area contributed by atoms with E-state index in [9.17, 15) is 4.79 Å². The summed E-state index contributed by atoms with van der Waals surface area (Å²) >= 11 is 0. The first-order valence-electron chi connectivity index (χ1n) is 7.79. The monoisotopic (exact) mass is 295 g/mol. The third-order valence-corrected chi connectivity index (χ3v) is 4.17. The molecule has 0 saturated carbocycles. The van der Waals surface area contributed by atoms with E-state index in [2.05, 4.69) is 9.55 Å². The Morgan fingerprint density at radius 2 is 2.00 bits per heavy atom. The van der Waals surface area contributed by atoms with Gasteiger partial charge in [0.05, 0.1) is 6.33 Å². The summed E-state index contributed by atoms with van der Waals surface area (Å²) in [6.45, 7) is 2.69. The summed E-state index contributed by atoms with van der Waals surface area (Å²) in [5.41, 5.74) is 1.06. The van der Waals surface area contributed by atoms with Crippen molar-refractivity contribution in [2.45, 2.75) is 19.4 Å². The van der Waals surface area contributed by atoms with Crippen LogP contribution >= 0.6 is 0 Å². The van der Waals surface area contributed by atoms with Crippen LogP contribution in [0.25, 0.3) is 6.08 Å². The fourth-order valence-electron chi connectivity index (χ4n) is 2.87. The number of carbonyl (C=O) groups excluding carboxylic acids is 1. The number of amides is 1. The molecule has 0 radical (unpaired) electrons. The normalized spacial score (nSPS) is 16.3. The molecule has 114 valence electrons. The third kappa shape index (κ3) is 3.85. The van der Waals surface area contributed by atoms with Crippen LogP contribution in [0.2, 0.25) is 0 Å². The van der Waals surface area contributed by atoms with Crippen LogP contribution in [0, 0.1) is 5.92 Å². The highest BCUT2D eigenvalue weighted by Crippen LogP contribution is 2.19. The highest BCUT2D eigenvalue weighted by molar-refractivity contribution is 5.91. The number of nitrogens with zero attached hydrogens (tertiary/aromatic N) is 3. The highest BCUT2D eigenvalue weighted by Gasteiger charge is 2.21. The van der Waals surface area contributed by atoms with Crippen molar-refractivity contribution in [3.63, 3.8) is 0 Å². The molecule has 1 fully saturated rings. The lowest BCUT2D eigenvalue weighted by Gasteiger charge is -2.31. The highest BCUT2D eigenvalue weighted by atomic mass is 16.2. The average molecular weight is 295 g/mol. The van der Waals surface area contributed by atoms with E-state index in [1.165, 1.54) is 0 Å². The Morgan fingerprint density at radius 1 is 1.23 bits per heavy atom. The molecule has 1 aliphatic heterocycles. The summed E-state index contributed by atoms with van der Waals surface area (Å²) in [4.78, 5) is 18.2. The Balaban J connectivity index is 1.48. The van der Waals surface area contributed by atoms with E-state index in [1.54, 1.807) is 6.08 Å². The van der Waals surface area contributed by atoms with Crippen molar-refractivity contribution in [3.05, 3.63) is 60.7 Å². The van der Waals surface area contributed by atoms with E-state index in [0.717, 1.165) is 38.0 Å². The van der Waals surface area contributed by atoms with Gasteiger partial charge in [0.2, 0.25) is 5.91 Å². The number of imidazole rings is 1. The lowest BCUT2D eigenvalue weighted by molar-refractivity contribution is -0.127. The molecular weight excluding hydrogens is 274 g/mol. The van der Waals surface area contributed by atoms with Crippen molar-refractivity contribution in [3.8, 4) is 0 Å². The van der Waals surface area contributed by atoms with Crippen LogP contribution in [0.3, 0.4) is 0 Å². The molecule has 1 saturated heterocycles. The van der Waals surface area contributed by atoms with Crippen molar-refractivity contribution >= 4 is 12.0 Å². The number of carbonyl (C=O) groups is 1. The molecule has 1 aromatic carbocycles. The zero-order valence-corrected chi connectivity index (χ0v) is 12.6. The minimum Gasteiger partial charge on any atom is -0.339 e. The van der Waals surface area contributed by atoms with Crippen molar-refractivity contribution in [2.24, 2.45) is 5.92 Å². The van der Waals surface area contributed by atoms with Gasteiger partial charge in [-0.2, -0.15) is 0 Å². The minimum atomic E-state index is 0.116. The molecule has 0 atom stereocenters. The second kappa shape index (κ2) is 7.07. The Morgan fingerprint density at radius 3 is 2.68 bits per heavy atom. The number of aromatic nitrogens is 2. The number of benzene rings is 1. The molecule has 0 aliphatic carbocycles. The molecule has 22 heavy (non-hydrogen) atoms. The molecule has 4 nitrogen and oxygen atoms in total. The Hall–Kier alpha value is -2.36. The van der Waals surface area contributed by atoms with Crippen molar-refractivity contribution in [1.82, 2.24) is 14.5 Å². The molecule has 1 amide bonds. The third-order valence-electron chi connectivity index (χ3n) is 4.17. The number of hydrogen-bond donors (Lipinski definition) is 0.